The summed E-state index contributed by atoms with van der Waals surface area (Å²) in [6.07, 6.45) is 0. The zero-order valence-corrected chi connectivity index (χ0v) is 47.1. The van der Waals surface area contributed by atoms with Crippen molar-refractivity contribution >= 4 is 32.4 Å². The molecule has 0 saturated carbocycles. The van der Waals surface area contributed by atoms with E-state index in [-0.39, 0.29) is 21.3 Å². The van der Waals surface area contributed by atoms with Gasteiger partial charge in [0.15, 0.2) is 34.5 Å². The molecule has 15 heteroatoms. The molecule has 0 radical (unpaired) electrons. The van der Waals surface area contributed by atoms with Crippen LogP contribution in [-0.2, 0) is 20.6 Å². The SMILES string of the molecule is COc1cc(S(=O)(=O)c2cccc(-c3ccccc3)c2)cc(OC)c1OC.COc1cc(S(=O)c2cccc(-c3ccccc3)c2)cc(OC)c1OC.COc1cc(Sc2cccc(-c3ccccc3)c2)cc(OC)c1OC. The fourth-order valence-electron chi connectivity index (χ4n) is 8.17. The largest absolute Gasteiger partial charge is 0.493 e. The van der Waals surface area contributed by atoms with Gasteiger partial charge in [0.25, 0.3) is 0 Å². The van der Waals surface area contributed by atoms with Crippen molar-refractivity contribution in [3.8, 4) is 85.1 Å². The highest BCUT2D eigenvalue weighted by molar-refractivity contribution is 7.99. The highest BCUT2D eigenvalue weighted by Crippen LogP contribution is 2.44. The van der Waals surface area contributed by atoms with Gasteiger partial charge in [0.1, 0.15) is 0 Å². The fourth-order valence-corrected chi connectivity index (χ4v) is 11.6. The summed E-state index contributed by atoms with van der Waals surface area (Å²) in [4.78, 5) is 3.74. The highest BCUT2D eigenvalue weighted by atomic mass is 32.2. The Labute approximate surface area is 463 Å². The molecule has 0 aliphatic rings. The Morgan fingerprint density at radius 1 is 0.308 bits per heavy atom. The first-order valence-corrected chi connectivity index (χ1v) is 27.6. The van der Waals surface area contributed by atoms with E-state index in [0.29, 0.717) is 50.0 Å². The molecule has 0 aromatic heterocycles. The summed E-state index contributed by atoms with van der Waals surface area (Å²) in [6, 6.07) is 63.2. The molecule has 0 spiro atoms. The summed E-state index contributed by atoms with van der Waals surface area (Å²) in [6.45, 7) is 0. The predicted octanol–water partition coefficient (Wildman–Crippen LogP) is 14.3. The van der Waals surface area contributed by atoms with Gasteiger partial charge in [0, 0.05) is 39.0 Å². The standard InChI is InChI=1S/C21H20O5S.C21H20O4S.C21H20O3S/c1-24-19-13-18(14-20(25-2)21(19)26-3)27(22,23)17-11-7-10-16(12-17)15-8-5-4-6-9-15;1-23-19-13-18(14-20(24-2)21(19)25-3)26(22)17-11-7-10-16(12-17)15-8-5-4-6-9-15;1-22-19-13-18(14-20(23-2)21(19)24-3)25-17-11-7-10-16(12-17)15-8-5-4-6-9-15/h4-14H,1-3H3;4-14H,1-3H3;4-14H,1-3H3. The molecule has 0 N–H and O–H groups in total. The van der Waals surface area contributed by atoms with Crippen LogP contribution >= 0.6 is 11.8 Å². The van der Waals surface area contributed by atoms with Crippen molar-refractivity contribution in [3.63, 3.8) is 0 Å². The molecule has 0 saturated heterocycles. The summed E-state index contributed by atoms with van der Waals surface area (Å²) in [5.41, 5.74) is 6.26. The second kappa shape index (κ2) is 27.6. The minimum absolute atomic E-state index is 0.0715. The number of rotatable bonds is 18. The van der Waals surface area contributed by atoms with E-state index in [9.17, 15) is 12.6 Å². The van der Waals surface area contributed by atoms with Crippen molar-refractivity contribution in [2.75, 3.05) is 64.0 Å². The van der Waals surface area contributed by atoms with Crippen LogP contribution in [0.15, 0.2) is 230 Å². The molecule has 78 heavy (non-hydrogen) atoms. The summed E-state index contributed by atoms with van der Waals surface area (Å²) in [7, 11) is 8.70. The number of ether oxygens (including phenoxy) is 9. The van der Waals surface area contributed by atoms with Crippen molar-refractivity contribution < 1.29 is 55.3 Å². The van der Waals surface area contributed by atoms with Crippen LogP contribution in [0.2, 0.25) is 0 Å². The minimum atomic E-state index is -3.78. The number of sulfone groups is 1. The van der Waals surface area contributed by atoms with E-state index in [0.717, 1.165) is 32.0 Å². The second-order valence-electron chi connectivity index (χ2n) is 16.6. The van der Waals surface area contributed by atoms with E-state index < -0.39 is 20.6 Å². The van der Waals surface area contributed by atoms with Crippen LogP contribution in [0.25, 0.3) is 33.4 Å². The summed E-state index contributed by atoms with van der Waals surface area (Å²) < 4.78 is 87.6. The zero-order chi connectivity index (χ0) is 55.6. The highest BCUT2D eigenvalue weighted by Gasteiger charge is 2.24. The van der Waals surface area contributed by atoms with Crippen LogP contribution in [0.4, 0.5) is 0 Å². The third-order valence-electron chi connectivity index (χ3n) is 12.0. The summed E-state index contributed by atoms with van der Waals surface area (Å²) in [5, 5.41) is 0. The lowest BCUT2D eigenvalue weighted by molar-refractivity contribution is 0.323. The lowest BCUT2D eigenvalue weighted by Gasteiger charge is -2.14. The molecule has 9 aromatic carbocycles. The lowest BCUT2D eigenvalue weighted by atomic mass is 10.1. The first kappa shape index (κ1) is 57.3. The van der Waals surface area contributed by atoms with E-state index in [1.54, 1.807) is 84.8 Å². The Hall–Kier alpha value is -8.37. The Balaban J connectivity index is 0.000000170. The topological polar surface area (TPSA) is 134 Å². The molecule has 0 aliphatic carbocycles. The molecule has 9 rings (SSSR count). The maximum absolute atomic E-state index is 13.2. The molecule has 9 aromatic rings. The minimum Gasteiger partial charge on any atom is -0.493 e. The zero-order valence-electron chi connectivity index (χ0n) is 44.7. The third-order valence-corrected chi connectivity index (χ3v) is 16.1. The average Bonchev–Trinajstić information content (AvgIpc) is 3.59. The number of hydrogen-bond donors (Lipinski definition) is 0. The van der Waals surface area contributed by atoms with Crippen LogP contribution in [0.3, 0.4) is 0 Å². The first-order chi connectivity index (χ1) is 37.9. The molecule has 402 valence electrons. The Kier molecular flexibility index (Phi) is 20.3. The number of hydrogen-bond acceptors (Lipinski definition) is 13. The molecule has 1 atom stereocenters. The molecule has 0 fully saturated rings. The van der Waals surface area contributed by atoms with Crippen molar-refractivity contribution in [1.82, 2.24) is 0 Å². The molecule has 12 nitrogen and oxygen atoms in total. The van der Waals surface area contributed by atoms with E-state index >= 15 is 0 Å². The van der Waals surface area contributed by atoms with Crippen LogP contribution in [0.1, 0.15) is 0 Å². The Morgan fingerprint density at radius 2 is 0.667 bits per heavy atom. The van der Waals surface area contributed by atoms with Gasteiger partial charge in [-0.25, -0.2) is 12.6 Å². The maximum Gasteiger partial charge on any atom is 0.206 e. The van der Waals surface area contributed by atoms with Crippen LogP contribution in [-0.4, -0.2) is 76.6 Å². The Morgan fingerprint density at radius 3 is 1.09 bits per heavy atom. The molecule has 0 heterocycles. The fraction of sp³-hybridized carbons (Fsp3) is 0.143. The third kappa shape index (κ3) is 13.8. The second-order valence-corrected chi connectivity index (χ2v) is 21.2. The lowest BCUT2D eigenvalue weighted by Crippen LogP contribution is -2.04. The molecule has 0 aliphatic heterocycles. The van der Waals surface area contributed by atoms with Gasteiger partial charge in [-0.3, -0.25) is 0 Å². The van der Waals surface area contributed by atoms with E-state index in [1.165, 1.54) is 44.6 Å². The summed E-state index contributed by atoms with van der Waals surface area (Å²) >= 11 is 1.66. The van der Waals surface area contributed by atoms with Crippen molar-refractivity contribution in [2.24, 2.45) is 0 Å². The van der Waals surface area contributed by atoms with Gasteiger partial charge in [0.2, 0.25) is 27.1 Å². The van der Waals surface area contributed by atoms with Crippen LogP contribution in [0.5, 0.6) is 51.7 Å². The maximum atomic E-state index is 13.2. The number of benzene rings is 9. The first-order valence-electron chi connectivity index (χ1n) is 24.1. The summed E-state index contributed by atoms with van der Waals surface area (Å²) in [5.74, 6) is 4.28. The quantitative estimate of drug-likeness (QED) is 0.0807. The van der Waals surface area contributed by atoms with Gasteiger partial charge in [-0.1, -0.05) is 139 Å². The van der Waals surface area contributed by atoms with Crippen molar-refractivity contribution in [1.29, 1.82) is 0 Å². The van der Waals surface area contributed by atoms with Gasteiger partial charge >= 0.3 is 0 Å². The molecule has 1 unspecified atom stereocenters. The predicted molar refractivity (Wildman–Crippen MR) is 308 cm³/mol. The van der Waals surface area contributed by atoms with Crippen LogP contribution in [0, 0.1) is 0 Å². The molecular formula is C63H60O12S3. The van der Waals surface area contributed by atoms with Gasteiger partial charge < -0.3 is 42.6 Å². The van der Waals surface area contributed by atoms with E-state index in [4.69, 9.17) is 42.6 Å². The van der Waals surface area contributed by atoms with Crippen LogP contribution < -0.4 is 42.6 Å². The van der Waals surface area contributed by atoms with Gasteiger partial charge in [-0.2, -0.15) is 0 Å². The van der Waals surface area contributed by atoms with E-state index in [2.05, 4.69) is 36.4 Å². The normalized spacial score (nSPS) is 11.0. The molecule has 0 amide bonds. The number of methoxy groups -OCH3 is 9. The monoisotopic (exact) mass is 1100 g/mol. The van der Waals surface area contributed by atoms with E-state index in [1.807, 2.05) is 121 Å². The molecule has 0 bridgehead atoms. The smallest absolute Gasteiger partial charge is 0.206 e. The molecular weight excluding hydrogens is 1040 g/mol. The van der Waals surface area contributed by atoms with Crippen molar-refractivity contribution in [3.05, 3.63) is 200 Å². The van der Waals surface area contributed by atoms with Gasteiger partial charge in [0.05, 0.1) is 89.5 Å². The van der Waals surface area contributed by atoms with Gasteiger partial charge in [-0.15, -0.1) is 0 Å². The average molecular weight is 1110 g/mol. The van der Waals surface area contributed by atoms with Gasteiger partial charge in [-0.05, 0) is 81.9 Å². The Bertz CT molecular complexity index is 3480. The van der Waals surface area contributed by atoms with Crippen molar-refractivity contribution in [2.45, 2.75) is 29.4 Å².